The Balaban J connectivity index is 1.99. The van der Waals surface area contributed by atoms with E-state index in [9.17, 15) is 18.0 Å². The lowest BCUT2D eigenvalue weighted by Gasteiger charge is -2.13. The summed E-state index contributed by atoms with van der Waals surface area (Å²) in [4.78, 5) is 19.3. The van der Waals surface area contributed by atoms with E-state index in [0.29, 0.717) is 16.3 Å². The molecule has 2 aromatic carbocycles. The molecule has 1 heterocycles. The number of aromatic nitrogens is 2. The summed E-state index contributed by atoms with van der Waals surface area (Å²) >= 11 is 6.24. The van der Waals surface area contributed by atoms with Gasteiger partial charge in [0.2, 0.25) is 5.95 Å². The molecule has 0 atom stereocenters. The van der Waals surface area contributed by atoms with Gasteiger partial charge in [0.25, 0.3) is 0 Å². The summed E-state index contributed by atoms with van der Waals surface area (Å²) in [5.41, 5.74) is 2.03. The van der Waals surface area contributed by atoms with Crippen LogP contribution in [0.15, 0.2) is 48.5 Å². The highest BCUT2D eigenvalue weighted by molar-refractivity contribution is 6.33. The number of carbonyl (C=O) groups is 1. The van der Waals surface area contributed by atoms with Crippen molar-refractivity contribution in [3.05, 3.63) is 59.1 Å². The summed E-state index contributed by atoms with van der Waals surface area (Å²) < 4.78 is 41.6. The highest BCUT2D eigenvalue weighted by Crippen LogP contribution is 2.30. The Morgan fingerprint density at radius 1 is 1.16 bits per heavy atom. The number of carboxylic acid groups (broad SMARTS) is 1. The smallest absolute Gasteiger partial charge is 0.480 e. The monoisotopic (exact) mass is 452 g/mol. The topological polar surface area (TPSA) is 96.4 Å². The van der Waals surface area contributed by atoms with Gasteiger partial charge in [-0.05, 0) is 36.8 Å². The number of carboxylic acids is 1. The molecule has 0 radical (unpaired) electrons. The first-order valence-corrected chi connectivity index (χ1v) is 9.21. The molecule has 0 spiro atoms. The zero-order chi connectivity index (χ0) is 22.6. The van der Waals surface area contributed by atoms with Crippen LogP contribution in [0.1, 0.15) is 5.56 Å². The third-order valence-corrected chi connectivity index (χ3v) is 4.19. The second kappa shape index (κ2) is 9.09. The lowest BCUT2D eigenvalue weighted by atomic mass is 10.1. The summed E-state index contributed by atoms with van der Waals surface area (Å²) in [6.45, 7) is 1.42. The molecule has 0 fully saturated rings. The molecule has 31 heavy (non-hydrogen) atoms. The summed E-state index contributed by atoms with van der Waals surface area (Å²) in [6.07, 6.45) is -4.84. The normalized spacial score (nSPS) is 11.1. The predicted octanol–water partition coefficient (Wildman–Crippen LogP) is 5.24. The van der Waals surface area contributed by atoms with Gasteiger partial charge in [-0.2, -0.15) is 4.98 Å². The third kappa shape index (κ3) is 6.48. The predicted molar refractivity (Wildman–Crippen MR) is 110 cm³/mol. The van der Waals surface area contributed by atoms with Crippen molar-refractivity contribution in [3.8, 4) is 17.0 Å². The molecule has 0 saturated heterocycles. The van der Waals surface area contributed by atoms with Crippen LogP contribution in [-0.2, 0) is 4.79 Å². The fourth-order valence-electron chi connectivity index (χ4n) is 2.60. The SMILES string of the molecule is Cc1ccc(Nc2cc(-c3cccc(OC(F)(F)F)c3)nc(NCC(=O)O)n2)c(Cl)c1. The lowest BCUT2D eigenvalue weighted by molar-refractivity contribution is -0.274. The minimum Gasteiger partial charge on any atom is -0.480 e. The van der Waals surface area contributed by atoms with Gasteiger partial charge in [-0.25, -0.2) is 4.98 Å². The van der Waals surface area contributed by atoms with Crippen LogP contribution < -0.4 is 15.4 Å². The van der Waals surface area contributed by atoms with E-state index in [2.05, 4.69) is 25.3 Å². The molecule has 3 N–H and O–H groups in total. The Kier molecular flexibility index (Phi) is 6.50. The van der Waals surface area contributed by atoms with E-state index in [1.54, 1.807) is 12.1 Å². The largest absolute Gasteiger partial charge is 0.573 e. The number of benzene rings is 2. The minimum absolute atomic E-state index is 0.0345. The first kappa shape index (κ1) is 22.2. The fraction of sp³-hybridized carbons (Fsp3) is 0.150. The molecule has 7 nitrogen and oxygen atoms in total. The van der Waals surface area contributed by atoms with Gasteiger partial charge in [0.05, 0.1) is 16.4 Å². The maximum Gasteiger partial charge on any atom is 0.573 e. The standard InChI is InChI=1S/C20H16ClF3N4O3/c1-11-5-6-15(14(21)7-11)26-17-9-16(27-19(28-17)25-10-18(29)30)12-3-2-4-13(8-12)31-20(22,23)24/h2-9H,10H2,1H3,(H,29,30)(H2,25,26,27,28). The lowest BCUT2D eigenvalue weighted by Crippen LogP contribution is -2.17. The molecule has 0 unspecified atom stereocenters. The minimum atomic E-state index is -4.84. The number of hydrogen-bond donors (Lipinski definition) is 3. The number of aryl methyl sites for hydroxylation is 1. The number of rotatable bonds is 7. The Bertz CT molecular complexity index is 1110. The number of halogens is 4. The molecule has 1 aromatic heterocycles. The van der Waals surface area contributed by atoms with Gasteiger partial charge in [0, 0.05) is 11.6 Å². The molecule has 3 rings (SSSR count). The van der Waals surface area contributed by atoms with Gasteiger partial charge in [0.1, 0.15) is 18.1 Å². The number of hydrogen-bond acceptors (Lipinski definition) is 6. The van der Waals surface area contributed by atoms with Gasteiger partial charge < -0.3 is 20.5 Å². The number of alkyl halides is 3. The summed E-state index contributed by atoms with van der Waals surface area (Å²) in [5.74, 6) is -1.33. The van der Waals surface area contributed by atoms with Crippen molar-refractivity contribution in [3.63, 3.8) is 0 Å². The van der Waals surface area contributed by atoms with E-state index >= 15 is 0 Å². The first-order valence-electron chi connectivity index (χ1n) is 8.83. The van der Waals surface area contributed by atoms with E-state index in [0.717, 1.165) is 11.6 Å². The second-order valence-electron chi connectivity index (χ2n) is 6.39. The van der Waals surface area contributed by atoms with E-state index in [-0.39, 0.29) is 17.5 Å². The van der Waals surface area contributed by atoms with Crippen LogP contribution in [0.25, 0.3) is 11.3 Å². The number of aliphatic carboxylic acids is 1. The second-order valence-corrected chi connectivity index (χ2v) is 6.80. The van der Waals surface area contributed by atoms with Crippen LogP contribution in [0.2, 0.25) is 5.02 Å². The van der Waals surface area contributed by atoms with Gasteiger partial charge in [0.15, 0.2) is 0 Å². The molecular weight excluding hydrogens is 437 g/mol. The van der Waals surface area contributed by atoms with Crippen LogP contribution in [0.3, 0.4) is 0 Å². The highest BCUT2D eigenvalue weighted by Gasteiger charge is 2.31. The van der Waals surface area contributed by atoms with E-state index in [1.165, 1.54) is 24.3 Å². The van der Waals surface area contributed by atoms with Crippen LogP contribution in [0.4, 0.5) is 30.6 Å². The average Bonchev–Trinajstić information content (AvgIpc) is 2.67. The molecule has 0 aliphatic carbocycles. The van der Waals surface area contributed by atoms with Crippen molar-refractivity contribution in [2.24, 2.45) is 0 Å². The van der Waals surface area contributed by atoms with Crippen LogP contribution in [0.5, 0.6) is 5.75 Å². The van der Waals surface area contributed by atoms with Crippen molar-refractivity contribution in [2.45, 2.75) is 13.3 Å². The van der Waals surface area contributed by atoms with Crippen molar-refractivity contribution in [1.29, 1.82) is 0 Å². The highest BCUT2D eigenvalue weighted by atomic mass is 35.5. The fourth-order valence-corrected chi connectivity index (χ4v) is 2.89. The summed E-state index contributed by atoms with van der Waals surface area (Å²) in [5, 5.41) is 14.9. The molecule has 162 valence electrons. The van der Waals surface area contributed by atoms with Crippen LogP contribution >= 0.6 is 11.6 Å². The quantitative estimate of drug-likeness (QED) is 0.451. The Morgan fingerprint density at radius 3 is 2.61 bits per heavy atom. The summed E-state index contributed by atoms with van der Waals surface area (Å²) in [6, 6.07) is 12.1. The van der Waals surface area contributed by atoms with Crippen molar-refractivity contribution in [1.82, 2.24) is 9.97 Å². The molecule has 3 aromatic rings. The average molecular weight is 453 g/mol. The van der Waals surface area contributed by atoms with Gasteiger partial charge in [-0.15, -0.1) is 13.2 Å². The maximum atomic E-state index is 12.6. The van der Waals surface area contributed by atoms with Gasteiger partial charge in [-0.3, -0.25) is 4.79 Å². The third-order valence-electron chi connectivity index (χ3n) is 3.87. The number of anilines is 3. The van der Waals surface area contributed by atoms with E-state index < -0.39 is 24.6 Å². The molecule has 11 heteroatoms. The van der Waals surface area contributed by atoms with Crippen LogP contribution in [-0.4, -0.2) is 34.0 Å². The zero-order valence-electron chi connectivity index (χ0n) is 16.0. The Labute approximate surface area is 179 Å². The van der Waals surface area contributed by atoms with Crippen molar-refractivity contribution < 1.29 is 27.8 Å². The number of nitrogens with zero attached hydrogens (tertiary/aromatic N) is 2. The zero-order valence-corrected chi connectivity index (χ0v) is 16.8. The molecule has 0 aliphatic rings. The molecule has 0 amide bonds. The summed E-state index contributed by atoms with van der Waals surface area (Å²) in [7, 11) is 0. The Morgan fingerprint density at radius 2 is 1.94 bits per heavy atom. The maximum absolute atomic E-state index is 12.6. The van der Waals surface area contributed by atoms with Crippen molar-refractivity contribution >= 4 is 35.0 Å². The van der Waals surface area contributed by atoms with Gasteiger partial charge in [-0.1, -0.05) is 29.8 Å². The first-order chi connectivity index (χ1) is 14.6. The van der Waals surface area contributed by atoms with E-state index in [1.807, 2.05) is 13.0 Å². The molecular formula is C20H16ClF3N4O3. The molecule has 0 aliphatic heterocycles. The molecule has 0 bridgehead atoms. The molecule has 0 saturated carbocycles. The van der Waals surface area contributed by atoms with Crippen molar-refractivity contribution in [2.75, 3.05) is 17.2 Å². The number of ether oxygens (including phenoxy) is 1. The number of nitrogens with one attached hydrogen (secondary N) is 2. The Hall–Kier alpha value is -3.53. The van der Waals surface area contributed by atoms with Gasteiger partial charge >= 0.3 is 12.3 Å². The van der Waals surface area contributed by atoms with E-state index in [4.69, 9.17) is 16.7 Å². The van der Waals surface area contributed by atoms with Crippen LogP contribution in [0, 0.1) is 6.92 Å².